The lowest BCUT2D eigenvalue weighted by Gasteiger charge is -2.36. The van der Waals surface area contributed by atoms with Crippen molar-refractivity contribution in [3.8, 4) is 0 Å². The summed E-state index contributed by atoms with van der Waals surface area (Å²) in [6, 6.07) is 7.25. The smallest absolute Gasteiger partial charge is 0.410 e. The number of amides is 3. The Morgan fingerprint density at radius 3 is 2.13 bits per heavy atom. The van der Waals surface area contributed by atoms with Gasteiger partial charge in [-0.25, -0.2) is 4.79 Å². The molecule has 1 saturated heterocycles. The normalized spacial score (nSPS) is 18.5. The van der Waals surface area contributed by atoms with E-state index in [9.17, 15) is 14.4 Å². The molecule has 2 heterocycles. The molecule has 7 heteroatoms. The van der Waals surface area contributed by atoms with Gasteiger partial charge in [0.25, 0.3) is 11.8 Å². The minimum absolute atomic E-state index is 0.0142. The third kappa shape index (κ3) is 5.85. The molecule has 1 fully saturated rings. The van der Waals surface area contributed by atoms with Crippen LogP contribution in [0.2, 0.25) is 0 Å². The number of nitrogens with zero attached hydrogens (tertiary/aromatic N) is 2. The standard InChI is InChI=1S/C24H35N3O4/c1-16(2)14-18(15-27-21(28)19-8-6-7-9-20(19)22(27)29)25-17-10-12-26(13-11-17)23(30)31-24(3,4)5/h6-9,16-18,25H,10-15H2,1-5H3/t18-/m1/s1. The monoisotopic (exact) mass is 429 g/mol. The zero-order chi connectivity index (χ0) is 22.8. The number of nitrogens with one attached hydrogen (secondary N) is 1. The van der Waals surface area contributed by atoms with E-state index in [1.807, 2.05) is 20.8 Å². The van der Waals surface area contributed by atoms with Crippen LogP contribution in [0.25, 0.3) is 0 Å². The summed E-state index contributed by atoms with van der Waals surface area (Å²) in [7, 11) is 0. The van der Waals surface area contributed by atoms with Crippen molar-refractivity contribution in [3.05, 3.63) is 35.4 Å². The Morgan fingerprint density at radius 1 is 1.10 bits per heavy atom. The van der Waals surface area contributed by atoms with E-state index in [-0.39, 0.29) is 30.0 Å². The average molecular weight is 430 g/mol. The van der Waals surface area contributed by atoms with E-state index in [0.717, 1.165) is 19.3 Å². The number of imide groups is 1. The van der Waals surface area contributed by atoms with Gasteiger partial charge in [0.15, 0.2) is 0 Å². The largest absolute Gasteiger partial charge is 0.444 e. The molecule has 1 atom stereocenters. The highest BCUT2D eigenvalue weighted by Crippen LogP contribution is 2.24. The molecule has 0 spiro atoms. The minimum Gasteiger partial charge on any atom is -0.444 e. The summed E-state index contributed by atoms with van der Waals surface area (Å²) in [4.78, 5) is 41.0. The molecule has 2 aliphatic heterocycles. The first-order valence-electron chi connectivity index (χ1n) is 11.2. The molecule has 0 unspecified atom stereocenters. The fraction of sp³-hybridized carbons (Fsp3) is 0.625. The Hall–Kier alpha value is -2.41. The molecule has 0 aliphatic carbocycles. The Bertz CT molecular complexity index is 787. The van der Waals surface area contributed by atoms with Crippen molar-refractivity contribution in [3.63, 3.8) is 0 Å². The second-order valence-electron chi connectivity index (χ2n) is 10.0. The fourth-order valence-electron chi connectivity index (χ4n) is 4.28. The third-order valence-corrected chi connectivity index (χ3v) is 5.66. The Labute approximate surface area is 185 Å². The summed E-state index contributed by atoms with van der Waals surface area (Å²) in [5.41, 5.74) is 0.476. The molecule has 1 N–H and O–H groups in total. The number of hydrogen-bond donors (Lipinski definition) is 1. The SMILES string of the molecule is CC(C)C[C@H](CN1C(=O)c2ccccc2C1=O)NC1CCN(C(=O)OC(C)(C)C)CC1. The van der Waals surface area contributed by atoms with Crippen LogP contribution >= 0.6 is 0 Å². The van der Waals surface area contributed by atoms with Crippen LogP contribution in [0.3, 0.4) is 0 Å². The zero-order valence-electron chi connectivity index (χ0n) is 19.3. The van der Waals surface area contributed by atoms with Crippen LogP contribution in [-0.4, -0.2) is 65.0 Å². The van der Waals surface area contributed by atoms with E-state index in [4.69, 9.17) is 4.74 Å². The number of piperidine rings is 1. The maximum atomic E-state index is 12.8. The van der Waals surface area contributed by atoms with Crippen molar-refractivity contribution in [1.29, 1.82) is 0 Å². The first kappa shape index (κ1) is 23.3. The molecular formula is C24H35N3O4. The van der Waals surface area contributed by atoms with E-state index in [1.54, 1.807) is 29.2 Å². The molecule has 3 amide bonds. The number of hydrogen-bond acceptors (Lipinski definition) is 5. The Kier molecular flexibility index (Phi) is 7.04. The molecular weight excluding hydrogens is 394 g/mol. The summed E-state index contributed by atoms with van der Waals surface area (Å²) < 4.78 is 5.47. The van der Waals surface area contributed by atoms with Crippen LogP contribution in [0.5, 0.6) is 0 Å². The number of ether oxygens (including phenoxy) is 1. The second kappa shape index (κ2) is 9.39. The van der Waals surface area contributed by atoms with Crippen molar-refractivity contribution < 1.29 is 19.1 Å². The van der Waals surface area contributed by atoms with Crippen LogP contribution in [0.4, 0.5) is 4.79 Å². The Morgan fingerprint density at radius 2 is 1.65 bits per heavy atom. The summed E-state index contributed by atoms with van der Waals surface area (Å²) in [5, 5.41) is 3.66. The van der Waals surface area contributed by atoms with Crippen molar-refractivity contribution in [2.24, 2.45) is 5.92 Å². The van der Waals surface area contributed by atoms with Crippen LogP contribution in [0, 0.1) is 5.92 Å². The molecule has 2 aliphatic rings. The molecule has 31 heavy (non-hydrogen) atoms. The molecule has 7 nitrogen and oxygen atoms in total. The quantitative estimate of drug-likeness (QED) is 0.698. The van der Waals surface area contributed by atoms with Crippen LogP contribution in [0.1, 0.15) is 74.6 Å². The molecule has 170 valence electrons. The van der Waals surface area contributed by atoms with Gasteiger partial charge in [-0.15, -0.1) is 0 Å². The molecule has 1 aromatic carbocycles. The van der Waals surface area contributed by atoms with Gasteiger partial charge in [0.2, 0.25) is 0 Å². The zero-order valence-corrected chi connectivity index (χ0v) is 19.3. The van der Waals surface area contributed by atoms with Gasteiger partial charge < -0.3 is 15.0 Å². The number of benzene rings is 1. The predicted octanol–water partition coefficient (Wildman–Crippen LogP) is 3.69. The average Bonchev–Trinajstić information content (AvgIpc) is 2.92. The maximum absolute atomic E-state index is 12.8. The van der Waals surface area contributed by atoms with E-state index < -0.39 is 5.60 Å². The minimum atomic E-state index is -0.499. The number of carbonyl (C=O) groups excluding carboxylic acids is 3. The number of rotatable bonds is 6. The highest BCUT2D eigenvalue weighted by Gasteiger charge is 2.37. The van der Waals surface area contributed by atoms with Gasteiger partial charge in [-0.2, -0.15) is 0 Å². The first-order valence-corrected chi connectivity index (χ1v) is 11.2. The van der Waals surface area contributed by atoms with Gasteiger partial charge in [-0.3, -0.25) is 14.5 Å². The molecule has 3 rings (SSSR count). The fourth-order valence-corrected chi connectivity index (χ4v) is 4.28. The van der Waals surface area contributed by atoms with Crippen molar-refractivity contribution >= 4 is 17.9 Å². The summed E-state index contributed by atoms with van der Waals surface area (Å²) >= 11 is 0. The lowest BCUT2D eigenvalue weighted by atomic mass is 9.99. The molecule has 0 saturated carbocycles. The lowest BCUT2D eigenvalue weighted by molar-refractivity contribution is 0.0192. The van der Waals surface area contributed by atoms with Gasteiger partial charge >= 0.3 is 6.09 Å². The summed E-state index contributed by atoms with van der Waals surface area (Å²) in [5.74, 6) is 0.00124. The van der Waals surface area contributed by atoms with Crippen molar-refractivity contribution in [2.45, 2.75) is 71.6 Å². The number of carbonyl (C=O) groups is 3. The van der Waals surface area contributed by atoms with Crippen LogP contribution in [-0.2, 0) is 4.74 Å². The Balaban J connectivity index is 1.59. The van der Waals surface area contributed by atoms with Gasteiger partial charge in [-0.05, 0) is 58.1 Å². The maximum Gasteiger partial charge on any atom is 0.410 e. The second-order valence-corrected chi connectivity index (χ2v) is 10.0. The van der Waals surface area contributed by atoms with Crippen LogP contribution < -0.4 is 5.32 Å². The van der Waals surface area contributed by atoms with Crippen molar-refractivity contribution in [2.75, 3.05) is 19.6 Å². The molecule has 0 radical (unpaired) electrons. The number of fused-ring (bicyclic) bond motifs is 1. The first-order chi connectivity index (χ1) is 14.5. The topological polar surface area (TPSA) is 79.0 Å². The van der Waals surface area contributed by atoms with Gasteiger partial charge in [-0.1, -0.05) is 26.0 Å². The van der Waals surface area contributed by atoms with E-state index in [2.05, 4.69) is 19.2 Å². The highest BCUT2D eigenvalue weighted by atomic mass is 16.6. The predicted molar refractivity (Wildman–Crippen MR) is 119 cm³/mol. The molecule has 0 aromatic heterocycles. The summed E-state index contributed by atoms with van der Waals surface area (Å²) in [6.07, 6.45) is 2.22. The highest BCUT2D eigenvalue weighted by molar-refractivity contribution is 6.21. The lowest BCUT2D eigenvalue weighted by Crippen LogP contribution is -2.52. The third-order valence-electron chi connectivity index (χ3n) is 5.66. The van der Waals surface area contributed by atoms with Crippen molar-refractivity contribution in [1.82, 2.24) is 15.1 Å². The summed E-state index contributed by atoms with van der Waals surface area (Å²) in [6.45, 7) is 11.5. The van der Waals surface area contributed by atoms with Crippen LogP contribution in [0.15, 0.2) is 24.3 Å². The van der Waals surface area contributed by atoms with Gasteiger partial charge in [0, 0.05) is 31.7 Å². The van der Waals surface area contributed by atoms with Gasteiger partial charge in [0.05, 0.1) is 11.1 Å². The molecule has 1 aromatic rings. The molecule has 0 bridgehead atoms. The van der Waals surface area contributed by atoms with E-state index >= 15 is 0 Å². The van der Waals surface area contributed by atoms with E-state index in [1.165, 1.54) is 4.90 Å². The van der Waals surface area contributed by atoms with Gasteiger partial charge in [0.1, 0.15) is 5.60 Å². The number of likely N-dealkylation sites (tertiary alicyclic amines) is 1. The van der Waals surface area contributed by atoms with E-state index in [0.29, 0.717) is 36.7 Å².